The highest BCUT2D eigenvalue weighted by Crippen LogP contribution is 2.27. The summed E-state index contributed by atoms with van der Waals surface area (Å²) in [5.41, 5.74) is 3.17. The lowest BCUT2D eigenvalue weighted by molar-refractivity contribution is 0.102. The van der Waals surface area contributed by atoms with E-state index in [9.17, 15) is 13.2 Å². The normalized spacial score (nSPS) is 14.0. The van der Waals surface area contributed by atoms with Gasteiger partial charge in [0.15, 0.2) is 0 Å². The predicted octanol–water partition coefficient (Wildman–Crippen LogP) is 3.74. The van der Waals surface area contributed by atoms with Crippen LogP contribution in [0.2, 0.25) is 0 Å². The summed E-state index contributed by atoms with van der Waals surface area (Å²) in [7, 11) is -3.63. The highest BCUT2D eigenvalue weighted by Gasteiger charge is 2.23. The number of ether oxygens (including phenoxy) is 1. The van der Waals surface area contributed by atoms with Gasteiger partial charge in [-0.25, -0.2) is 8.42 Å². The zero-order valence-corrected chi connectivity index (χ0v) is 19.3. The van der Waals surface area contributed by atoms with Gasteiger partial charge in [0.2, 0.25) is 10.0 Å². The number of amides is 1. The van der Waals surface area contributed by atoms with Crippen molar-refractivity contribution in [2.45, 2.75) is 6.54 Å². The highest BCUT2D eigenvalue weighted by molar-refractivity contribution is 7.92. The molecule has 4 rings (SSSR count). The maximum atomic E-state index is 13.1. The summed E-state index contributed by atoms with van der Waals surface area (Å²) < 4.78 is 31.9. The molecule has 33 heavy (non-hydrogen) atoms. The van der Waals surface area contributed by atoms with Crippen molar-refractivity contribution in [3.63, 3.8) is 0 Å². The number of benzene rings is 3. The standard InChI is InChI=1S/C25H27N3O4S/c1-33(30,31)28(19-20-7-3-2-4-8-20)24-10-6-5-9-23(24)25(29)26-21-11-13-22(14-12-21)27-15-17-32-18-16-27/h2-14H,15-19H2,1H3,(H,26,29). The van der Waals surface area contributed by atoms with Crippen LogP contribution >= 0.6 is 0 Å². The molecule has 1 aliphatic rings. The van der Waals surface area contributed by atoms with Gasteiger partial charge in [-0.05, 0) is 42.0 Å². The van der Waals surface area contributed by atoms with Crippen LogP contribution in [0.25, 0.3) is 0 Å². The lowest BCUT2D eigenvalue weighted by Gasteiger charge is -2.29. The number of morpholine rings is 1. The van der Waals surface area contributed by atoms with Crippen LogP contribution in [-0.2, 0) is 21.3 Å². The zero-order valence-electron chi connectivity index (χ0n) is 18.5. The molecule has 1 N–H and O–H groups in total. The zero-order chi connectivity index (χ0) is 23.3. The molecule has 1 fully saturated rings. The molecule has 1 amide bonds. The number of para-hydroxylation sites is 1. The second-order valence-corrected chi connectivity index (χ2v) is 9.78. The van der Waals surface area contributed by atoms with Crippen LogP contribution in [-0.4, -0.2) is 46.9 Å². The number of sulfonamides is 1. The van der Waals surface area contributed by atoms with E-state index in [4.69, 9.17) is 4.74 Å². The number of carbonyl (C=O) groups is 1. The highest BCUT2D eigenvalue weighted by atomic mass is 32.2. The first-order chi connectivity index (χ1) is 15.9. The van der Waals surface area contributed by atoms with Crippen LogP contribution in [0, 0.1) is 0 Å². The van der Waals surface area contributed by atoms with Crippen molar-refractivity contribution in [1.29, 1.82) is 0 Å². The van der Waals surface area contributed by atoms with Crippen molar-refractivity contribution in [2.24, 2.45) is 0 Å². The number of nitrogens with one attached hydrogen (secondary N) is 1. The molecule has 0 spiro atoms. The van der Waals surface area contributed by atoms with Gasteiger partial charge in [-0.15, -0.1) is 0 Å². The van der Waals surface area contributed by atoms with Crippen molar-refractivity contribution in [3.8, 4) is 0 Å². The largest absolute Gasteiger partial charge is 0.378 e. The average Bonchev–Trinajstić information content (AvgIpc) is 2.83. The minimum Gasteiger partial charge on any atom is -0.378 e. The van der Waals surface area contributed by atoms with E-state index >= 15 is 0 Å². The van der Waals surface area contributed by atoms with Crippen LogP contribution in [0.4, 0.5) is 17.1 Å². The van der Waals surface area contributed by atoms with E-state index in [1.165, 1.54) is 4.31 Å². The summed E-state index contributed by atoms with van der Waals surface area (Å²) in [5.74, 6) is -0.369. The van der Waals surface area contributed by atoms with E-state index in [1.807, 2.05) is 54.6 Å². The van der Waals surface area contributed by atoms with Gasteiger partial charge in [-0.2, -0.15) is 0 Å². The molecular formula is C25H27N3O4S. The Bertz CT molecular complexity index is 1190. The van der Waals surface area contributed by atoms with Crippen LogP contribution in [0.5, 0.6) is 0 Å². The Morgan fingerprint density at radius 3 is 2.24 bits per heavy atom. The van der Waals surface area contributed by atoms with Gasteiger partial charge in [-0.1, -0.05) is 42.5 Å². The average molecular weight is 466 g/mol. The van der Waals surface area contributed by atoms with Gasteiger partial charge >= 0.3 is 0 Å². The van der Waals surface area contributed by atoms with Crippen LogP contribution in [0.1, 0.15) is 15.9 Å². The van der Waals surface area contributed by atoms with Crippen molar-refractivity contribution in [1.82, 2.24) is 0 Å². The molecule has 7 nitrogen and oxygen atoms in total. The quantitative estimate of drug-likeness (QED) is 0.575. The molecule has 0 aromatic heterocycles. The second kappa shape index (κ2) is 10.1. The number of hydrogen-bond donors (Lipinski definition) is 1. The first kappa shape index (κ1) is 22.8. The fourth-order valence-corrected chi connectivity index (χ4v) is 4.69. The fraction of sp³-hybridized carbons (Fsp3) is 0.240. The molecule has 0 atom stereocenters. The summed E-state index contributed by atoms with van der Waals surface area (Å²) in [5, 5.41) is 2.90. The molecular weight excluding hydrogens is 438 g/mol. The Morgan fingerprint density at radius 2 is 1.58 bits per heavy atom. The van der Waals surface area contributed by atoms with E-state index in [0.717, 1.165) is 30.6 Å². The third-order valence-corrected chi connectivity index (χ3v) is 6.61. The fourth-order valence-electron chi connectivity index (χ4n) is 3.79. The minimum atomic E-state index is -3.63. The maximum absolute atomic E-state index is 13.1. The van der Waals surface area contributed by atoms with Crippen molar-refractivity contribution >= 4 is 33.0 Å². The maximum Gasteiger partial charge on any atom is 0.257 e. The monoisotopic (exact) mass is 465 g/mol. The predicted molar refractivity (Wildman–Crippen MR) is 131 cm³/mol. The second-order valence-electron chi connectivity index (χ2n) is 7.87. The number of anilines is 3. The Labute approximate surface area is 194 Å². The smallest absolute Gasteiger partial charge is 0.257 e. The summed E-state index contributed by atoms with van der Waals surface area (Å²) >= 11 is 0. The van der Waals surface area contributed by atoms with E-state index < -0.39 is 10.0 Å². The van der Waals surface area contributed by atoms with Crippen molar-refractivity contribution in [2.75, 3.05) is 47.1 Å². The lowest BCUT2D eigenvalue weighted by Crippen LogP contribution is -2.36. The molecule has 172 valence electrons. The molecule has 1 saturated heterocycles. The summed E-state index contributed by atoms with van der Waals surface area (Å²) in [6, 6.07) is 23.7. The van der Waals surface area contributed by atoms with E-state index in [1.54, 1.807) is 24.3 Å². The number of hydrogen-bond acceptors (Lipinski definition) is 5. The third kappa shape index (κ3) is 5.71. The molecule has 0 bridgehead atoms. The molecule has 1 aliphatic heterocycles. The van der Waals surface area contributed by atoms with Crippen molar-refractivity contribution < 1.29 is 17.9 Å². The minimum absolute atomic E-state index is 0.137. The molecule has 8 heteroatoms. The van der Waals surface area contributed by atoms with Crippen molar-refractivity contribution in [3.05, 3.63) is 90.0 Å². The van der Waals surface area contributed by atoms with E-state index in [2.05, 4.69) is 10.2 Å². The van der Waals surface area contributed by atoms with Gasteiger partial charge in [-0.3, -0.25) is 9.10 Å². The molecule has 0 saturated carbocycles. The van der Waals surface area contributed by atoms with Gasteiger partial charge < -0.3 is 15.0 Å². The topological polar surface area (TPSA) is 79.0 Å². The Morgan fingerprint density at radius 1 is 0.939 bits per heavy atom. The number of carbonyl (C=O) groups excluding carboxylic acids is 1. The van der Waals surface area contributed by atoms with E-state index in [0.29, 0.717) is 24.6 Å². The first-order valence-corrected chi connectivity index (χ1v) is 12.6. The Balaban J connectivity index is 1.56. The number of rotatable bonds is 7. The third-order valence-electron chi connectivity index (χ3n) is 5.49. The first-order valence-electron chi connectivity index (χ1n) is 10.8. The summed E-state index contributed by atoms with van der Waals surface area (Å²) in [6.07, 6.45) is 1.15. The van der Waals surface area contributed by atoms with Gasteiger partial charge in [0, 0.05) is 24.5 Å². The van der Waals surface area contributed by atoms with Gasteiger partial charge in [0.1, 0.15) is 0 Å². The molecule has 0 unspecified atom stereocenters. The summed E-state index contributed by atoms with van der Waals surface area (Å²) in [6.45, 7) is 3.21. The van der Waals surface area contributed by atoms with E-state index in [-0.39, 0.29) is 18.0 Å². The number of nitrogens with zero attached hydrogens (tertiary/aromatic N) is 2. The molecule has 0 aliphatic carbocycles. The Hall–Kier alpha value is -3.36. The molecule has 0 radical (unpaired) electrons. The lowest BCUT2D eigenvalue weighted by atomic mass is 10.1. The van der Waals surface area contributed by atoms with Crippen LogP contribution in [0.15, 0.2) is 78.9 Å². The van der Waals surface area contributed by atoms with Crippen LogP contribution < -0.4 is 14.5 Å². The Kier molecular flexibility index (Phi) is 6.96. The van der Waals surface area contributed by atoms with Crippen LogP contribution in [0.3, 0.4) is 0 Å². The molecule has 3 aromatic carbocycles. The SMILES string of the molecule is CS(=O)(=O)N(Cc1ccccc1)c1ccccc1C(=O)Nc1ccc(N2CCOCC2)cc1. The van der Waals surface area contributed by atoms with Gasteiger partial charge in [0.05, 0.1) is 37.3 Å². The summed E-state index contributed by atoms with van der Waals surface area (Å²) in [4.78, 5) is 15.4. The molecule has 3 aromatic rings. The van der Waals surface area contributed by atoms with Gasteiger partial charge in [0.25, 0.3) is 5.91 Å². The molecule has 1 heterocycles.